The molecular weight excluding hydrogens is 514 g/mol. The van der Waals surface area contributed by atoms with Crippen molar-refractivity contribution in [1.82, 2.24) is 10.6 Å². The summed E-state index contributed by atoms with van der Waals surface area (Å²) >= 11 is 0. The van der Waals surface area contributed by atoms with Crippen LogP contribution in [0.3, 0.4) is 0 Å². The summed E-state index contributed by atoms with van der Waals surface area (Å²) in [6, 6.07) is 15.0. The molecule has 3 aromatic carbocycles. The quantitative estimate of drug-likeness (QED) is 0.298. The van der Waals surface area contributed by atoms with E-state index in [0.29, 0.717) is 24.5 Å². The van der Waals surface area contributed by atoms with Gasteiger partial charge in [0.25, 0.3) is 0 Å². The van der Waals surface area contributed by atoms with Gasteiger partial charge in [-0.05, 0) is 53.8 Å². The third-order valence-electron chi connectivity index (χ3n) is 6.38. The van der Waals surface area contributed by atoms with Gasteiger partial charge in [-0.25, -0.2) is 13.6 Å². The van der Waals surface area contributed by atoms with Gasteiger partial charge in [-0.3, -0.25) is 0 Å². The zero-order valence-corrected chi connectivity index (χ0v) is 19.9. The molecule has 38 heavy (non-hydrogen) atoms. The summed E-state index contributed by atoms with van der Waals surface area (Å²) in [6.45, 7) is -0.330. The molecule has 0 heterocycles. The summed E-state index contributed by atoms with van der Waals surface area (Å²) in [5.41, 5.74) is -1.84. The number of benzene rings is 3. The first-order valence-corrected chi connectivity index (χ1v) is 11.6. The number of aliphatic hydroxyl groups excluding tert-OH is 1. The molecular formula is C27H24F6N2O3. The van der Waals surface area contributed by atoms with Crippen molar-refractivity contribution in [2.45, 2.75) is 42.9 Å². The summed E-state index contributed by atoms with van der Waals surface area (Å²) in [7, 11) is 0. The van der Waals surface area contributed by atoms with Crippen molar-refractivity contribution in [3.63, 3.8) is 0 Å². The third-order valence-corrected chi connectivity index (χ3v) is 6.38. The third kappa shape index (κ3) is 6.04. The van der Waals surface area contributed by atoms with Crippen LogP contribution in [0.5, 0.6) is 5.75 Å². The highest BCUT2D eigenvalue weighted by molar-refractivity contribution is 5.77. The number of hydrogen-bond donors (Lipinski definition) is 3. The maximum Gasteiger partial charge on any atom is 0.461 e. The number of alkyl halides is 4. The lowest BCUT2D eigenvalue weighted by Gasteiger charge is -2.37. The van der Waals surface area contributed by atoms with E-state index >= 15 is 0 Å². The Balaban J connectivity index is 1.88. The van der Waals surface area contributed by atoms with Crippen molar-refractivity contribution in [3.05, 3.63) is 101 Å². The van der Waals surface area contributed by atoms with Gasteiger partial charge in [-0.15, -0.1) is 0 Å². The highest BCUT2D eigenvalue weighted by Crippen LogP contribution is 2.39. The van der Waals surface area contributed by atoms with Crippen LogP contribution in [0.1, 0.15) is 29.5 Å². The molecule has 0 radical (unpaired) electrons. The lowest BCUT2D eigenvalue weighted by Crippen LogP contribution is -2.55. The molecule has 1 saturated carbocycles. The molecule has 0 spiro atoms. The fourth-order valence-corrected chi connectivity index (χ4v) is 4.20. The number of aliphatic hydroxyl groups is 1. The van der Waals surface area contributed by atoms with Gasteiger partial charge in [-0.1, -0.05) is 42.5 Å². The maximum atomic E-state index is 14.8. The molecule has 11 heteroatoms. The first kappa shape index (κ1) is 27.3. The zero-order valence-electron chi connectivity index (χ0n) is 19.9. The molecule has 0 unspecified atom stereocenters. The normalized spacial score (nSPS) is 16.0. The number of halogens is 6. The van der Waals surface area contributed by atoms with Crippen molar-refractivity contribution < 1.29 is 41.0 Å². The molecule has 1 aliphatic carbocycles. The number of ether oxygens (including phenoxy) is 1. The van der Waals surface area contributed by atoms with Crippen LogP contribution >= 0.6 is 0 Å². The first-order valence-electron chi connectivity index (χ1n) is 11.6. The number of carbonyl (C=O) groups is 1. The molecule has 1 fully saturated rings. The Labute approximate surface area is 214 Å². The van der Waals surface area contributed by atoms with Gasteiger partial charge in [0.15, 0.2) is 0 Å². The Kier molecular flexibility index (Phi) is 7.59. The first-order chi connectivity index (χ1) is 18.0. The van der Waals surface area contributed by atoms with E-state index in [1.165, 1.54) is 12.1 Å². The number of nitrogens with one attached hydrogen (secondary N) is 2. The summed E-state index contributed by atoms with van der Waals surface area (Å²) in [5.74, 6) is -2.61. The van der Waals surface area contributed by atoms with Crippen molar-refractivity contribution >= 4 is 6.03 Å². The second-order valence-electron chi connectivity index (χ2n) is 9.23. The summed E-state index contributed by atoms with van der Waals surface area (Å²) in [5, 5.41) is 15.1. The van der Waals surface area contributed by atoms with Gasteiger partial charge in [0, 0.05) is 12.5 Å². The molecule has 1 atom stereocenters. The van der Waals surface area contributed by atoms with E-state index in [-0.39, 0.29) is 24.2 Å². The molecule has 1 aliphatic rings. The van der Waals surface area contributed by atoms with E-state index in [2.05, 4.69) is 15.4 Å². The Bertz CT molecular complexity index is 1270. The second kappa shape index (κ2) is 10.6. The molecule has 202 valence electrons. The SMILES string of the molecule is O=C(NC1(CO)CC1)N[C@](Cc1ccccc1)(c1ccc(F)cc1)c1cc(F)cc(OC(F)(F)C(F)F)c1. The van der Waals surface area contributed by atoms with E-state index < -0.39 is 47.0 Å². The van der Waals surface area contributed by atoms with Crippen molar-refractivity contribution in [2.75, 3.05) is 6.61 Å². The van der Waals surface area contributed by atoms with Crippen LogP contribution in [0.15, 0.2) is 72.8 Å². The molecule has 5 nitrogen and oxygen atoms in total. The minimum Gasteiger partial charge on any atom is -0.428 e. The number of amides is 2. The molecule has 0 saturated heterocycles. The fraction of sp³-hybridized carbons (Fsp3) is 0.296. The Hall–Kier alpha value is -3.73. The molecule has 2 amide bonds. The Morgan fingerprint density at radius 3 is 2.18 bits per heavy atom. The van der Waals surface area contributed by atoms with Gasteiger partial charge in [0.1, 0.15) is 17.4 Å². The van der Waals surface area contributed by atoms with E-state index in [1.54, 1.807) is 30.3 Å². The molecule has 0 aromatic heterocycles. The zero-order chi connectivity index (χ0) is 27.6. The van der Waals surface area contributed by atoms with Crippen LogP contribution in [-0.4, -0.2) is 35.8 Å². The summed E-state index contributed by atoms with van der Waals surface area (Å²) in [6.07, 6.45) is -8.14. The number of urea groups is 1. The number of carbonyl (C=O) groups excluding carboxylic acids is 1. The topological polar surface area (TPSA) is 70.6 Å². The Morgan fingerprint density at radius 2 is 1.61 bits per heavy atom. The molecule has 0 aliphatic heterocycles. The molecule has 3 aromatic rings. The average molecular weight is 538 g/mol. The van der Waals surface area contributed by atoms with Crippen molar-refractivity contribution in [2.24, 2.45) is 0 Å². The van der Waals surface area contributed by atoms with Gasteiger partial charge in [0.05, 0.1) is 17.7 Å². The maximum absolute atomic E-state index is 14.8. The molecule has 0 bridgehead atoms. The van der Waals surface area contributed by atoms with Gasteiger partial charge in [0.2, 0.25) is 0 Å². The smallest absolute Gasteiger partial charge is 0.428 e. The molecule has 3 N–H and O–H groups in total. The van der Waals surface area contributed by atoms with Gasteiger partial charge >= 0.3 is 18.6 Å². The highest BCUT2D eigenvalue weighted by atomic mass is 19.3. The van der Waals surface area contributed by atoms with Crippen molar-refractivity contribution in [1.29, 1.82) is 0 Å². The van der Waals surface area contributed by atoms with E-state index in [9.17, 15) is 36.2 Å². The predicted molar refractivity (Wildman–Crippen MR) is 126 cm³/mol. The minimum atomic E-state index is -4.91. The van der Waals surface area contributed by atoms with Crippen molar-refractivity contribution in [3.8, 4) is 5.75 Å². The second-order valence-corrected chi connectivity index (χ2v) is 9.23. The standard InChI is InChI=1S/C27H24F6N2O3/c28-20-8-6-18(7-9-20)26(15-17-4-2-1-3-5-17,35-24(37)34-25(16-36)10-11-25)19-12-21(29)14-22(13-19)38-27(32,33)23(30)31/h1-9,12-14,23,36H,10-11,15-16H2,(H2,34,35,37)/t26-/m1/s1. The lowest BCUT2D eigenvalue weighted by molar-refractivity contribution is -0.253. The van der Waals surface area contributed by atoms with Gasteiger partial charge < -0.3 is 20.5 Å². The van der Waals surface area contributed by atoms with Crippen LogP contribution in [0.4, 0.5) is 31.1 Å². The van der Waals surface area contributed by atoms with Crippen LogP contribution in [0.2, 0.25) is 0 Å². The monoisotopic (exact) mass is 538 g/mol. The van der Waals surface area contributed by atoms with Crippen LogP contribution < -0.4 is 15.4 Å². The Morgan fingerprint density at radius 1 is 0.947 bits per heavy atom. The lowest BCUT2D eigenvalue weighted by atomic mass is 9.77. The average Bonchev–Trinajstić information content (AvgIpc) is 3.63. The minimum absolute atomic E-state index is 0.0762. The van der Waals surface area contributed by atoms with E-state index in [1.807, 2.05) is 0 Å². The highest BCUT2D eigenvalue weighted by Gasteiger charge is 2.46. The number of hydrogen-bond acceptors (Lipinski definition) is 3. The summed E-state index contributed by atoms with van der Waals surface area (Å²) < 4.78 is 85.8. The summed E-state index contributed by atoms with van der Waals surface area (Å²) in [4.78, 5) is 13.2. The van der Waals surface area contributed by atoms with E-state index in [0.717, 1.165) is 24.3 Å². The number of rotatable bonds is 10. The van der Waals surface area contributed by atoms with E-state index in [4.69, 9.17) is 0 Å². The fourth-order valence-electron chi connectivity index (χ4n) is 4.20. The largest absolute Gasteiger partial charge is 0.461 e. The molecule has 4 rings (SSSR count). The van der Waals surface area contributed by atoms with Crippen LogP contribution in [0.25, 0.3) is 0 Å². The predicted octanol–water partition coefficient (Wildman–Crippen LogP) is 5.51. The van der Waals surface area contributed by atoms with Crippen LogP contribution in [0, 0.1) is 11.6 Å². The van der Waals surface area contributed by atoms with Crippen LogP contribution in [-0.2, 0) is 12.0 Å². The van der Waals surface area contributed by atoms with Gasteiger partial charge in [-0.2, -0.15) is 17.6 Å².